The fourth-order valence-corrected chi connectivity index (χ4v) is 5.27. The first-order valence-electron chi connectivity index (χ1n) is 11.9. The standard InChI is InChI=1S/C32H20ClN3/c33-31-20-27(34-32(35-31)21-9-2-1-3-10-21)23-17-18-24-22(19-23)11-8-16-28(24)36-29-14-6-4-12-25(29)26-13-5-7-15-30(26)36/h1-20H. The molecule has 0 aliphatic carbocycles. The normalized spacial score (nSPS) is 11.5. The molecule has 5 aromatic carbocycles. The van der Waals surface area contributed by atoms with Gasteiger partial charge >= 0.3 is 0 Å². The van der Waals surface area contributed by atoms with E-state index < -0.39 is 0 Å². The molecule has 36 heavy (non-hydrogen) atoms. The average Bonchev–Trinajstić information content (AvgIpc) is 3.27. The molecule has 0 aliphatic heterocycles. The number of nitrogens with zero attached hydrogens (tertiary/aromatic N) is 3. The first kappa shape index (κ1) is 20.9. The maximum absolute atomic E-state index is 6.42. The van der Waals surface area contributed by atoms with E-state index >= 15 is 0 Å². The van der Waals surface area contributed by atoms with Gasteiger partial charge in [-0.15, -0.1) is 0 Å². The maximum Gasteiger partial charge on any atom is 0.161 e. The van der Waals surface area contributed by atoms with Crippen molar-refractivity contribution in [2.24, 2.45) is 0 Å². The predicted molar refractivity (Wildman–Crippen MR) is 150 cm³/mol. The van der Waals surface area contributed by atoms with Crippen LogP contribution in [-0.2, 0) is 0 Å². The number of para-hydroxylation sites is 2. The topological polar surface area (TPSA) is 30.7 Å². The van der Waals surface area contributed by atoms with Crippen LogP contribution in [0.4, 0.5) is 0 Å². The molecule has 0 unspecified atom stereocenters. The lowest BCUT2D eigenvalue weighted by molar-refractivity contribution is 1.18. The summed E-state index contributed by atoms with van der Waals surface area (Å²) in [6, 6.07) is 41.9. The van der Waals surface area contributed by atoms with E-state index in [1.807, 2.05) is 36.4 Å². The van der Waals surface area contributed by atoms with Gasteiger partial charge in [0.15, 0.2) is 5.82 Å². The summed E-state index contributed by atoms with van der Waals surface area (Å²) >= 11 is 6.42. The minimum Gasteiger partial charge on any atom is -0.309 e. The van der Waals surface area contributed by atoms with Crippen LogP contribution in [0.3, 0.4) is 0 Å². The second-order valence-corrected chi connectivity index (χ2v) is 9.24. The Morgan fingerprint density at radius 3 is 1.97 bits per heavy atom. The lowest BCUT2D eigenvalue weighted by Gasteiger charge is -2.13. The molecule has 2 heterocycles. The number of hydrogen-bond donors (Lipinski definition) is 0. The number of rotatable bonds is 3. The Morgan fingerprint density at radius 2 is 1.22 bits per heavy atom. The Kier molecular flexibility index (Phi) is 4.83. The zero-order chi connectivity index (χ0) is 24.1. The maximum atomic E-state index is 6.42. The van der Waals surface area contributed by atoms with Crippen molar-refractivity contribution in [3.8, 4) is 28.3 Å². The molecule has 0 spiro atoms. The van der Waals surface area contributed by atoms with Crippen molar-refractivity contribution >= 4 is 44.2 Å². The molecule has 0 N–H and O–H groups in total. The van der Waals surface area contributed by atoms with E-state index in [0.29, 0.717) is 11.0 Å². The summed E-state index contributed by atoms with van der Waals surface area (Å²) in [5, 5.41) is 5.26. The van der Waals surface area contributed by atoms with Crippen molar-refractivity contribution in [2.75, 3.05) is 0 Å². The number of halogens is 1. The highest BCUT2D eigenvalue weighted by molar-refractivity contribution is 6.29. The van der Waals surface area contributed by atoms with E-state index in [0.717, 1.165) is 27.9 Å². The van der Waals surface area contributed by atoms with Gasteiger partial charge in [-0.3, -0.25) is 0 Å². The molecule has 0 fully saturated rings. The largest absolute Gasteiger partial charge is 0.309 e. The van der Waals surface area contributed by atoms with Gasteiger partial charge in [0.1, 0.15) is 5.15 Å². The first-order chi connectivity index (χ1) is 17.8. The van der Waals surface area contributed by atoms with Crippen LogP contribution >= 0.6 is 11.6 Å². The minimum absolute atomic E-state index is 0.429. The number of aromatic nitrogens is 3. The molecular formula is C32H20ClN3. The molecule has 0 radical (unpaired) electrons. The van der Waals surface area contributed by atoms with E-state index in [1.165, 1.54) is 27.2 Å². The number of hydrogen-bond acceptors (Lipinski definition) is 2. The van der Waals surface area contributed by atoms with Gasteiger partial charge in [0, 0.05) is 33.4 Å². The molecule has 0 amide bonds. The van der Waals surface area contributed by atoms with Crippen molar-refractivity contribution in [1.82, 2.24) is 14.5 Å². The predicted octanol–water partition coefficient (Wildman–Crippen LogP) is 8.71. The van der Waals surface area contributed by atoms with Gasteiger partial charge in [-0.05, 0) is 29.7 Å². The summed E-state index contributed by atoms with van der Waals surface area (Å²) in [6.07, 6.45) is 0. The first-order valence-corrected chi connectivity index (χ1v) is 12.3. The molecule has 0 aliphatic rings. The third-order valence-electron chi connectivity index (χ3n) is 6.70. The van der Waals surface area contributed by atoms with E-state index in [4.69, 9.17) is 16.6 Å². The molecule has 7 aromatic rings. The lowest BCUT2D eigenvalue weighted by Crippen LogP contribution is -1.96. The summed E-state index contributed by atoms with van der Waals surface area (Å²) in [5.74, 6) is 0.622. The third kappa shape index (κ3) is 3.36. The minimum atomic E-state index is 0.429. The van der Waals surface area contributed by atoms with Gasteiger partial charge < -0.3 is 4.57 Å². The van der Waals surface area contributed by atoms with Crippen LogP contribution in [0.1, 0.15) is 0 Å². The Bertz CT molecular complexity index is 1850. The van der Waals surface area contributed by atoms with Crippen LogP contribution in [0, 0.1) is 0 Å². The SMILES string of the molecule is Clc1cc(-c2ccc3c(-n4c5ccccc5c5ccccc54)cccc3c2)nc(-c2ccccc2)n1. The second kappa shape index (κ2) is 8.33. The zero-order valence-corrected chi connectivity index (χ0v) is 20.0. The summed E-state index contributed by atoms with van der Waals surface area (Å²) in [7, 11) is 0. The van der Waals surface area contributed by atoms with Gasteiger partial charge in [-0.25, -0.2) is 9.97 Å². The Balaban J connectivity index is 1.42. The van der Waals surface area contributed by atoms with Gasteiger partial charge in [0.2, 0.25) is 0 Å². The molecular weight excluding hydrogens is 462 g/mol. The average molecular weight is 482 g/mol. The second-order valence-electron chi connectivity index (χ2n) is 8.85. The molecule has 0 atom stereocenters. The van der Waals surface area contributed by atoms with Gasteiger partial charge in [0.25, 0.3) is 0 Å². The van der Waals surface area contributed by atoms with Crippen LogP contribution in [0.25, 0.3) is 60.9 Å². The highest BCUT2D eigenvalue weighted by Gasteiger charge is 2.14. The number of fused-ring (bicyclic) bond motifs is 4. The quantitative estimate of drug-likeness (QED) is 0.236. The highest BCUT2D eigenvalue weighted by atomic mass is 35.5. The summed E-state index contributed by atoms with van der Waals surface area (Å²) < 4.78 is 2.36. The van der Waals surface area contributed by atoms with E-state index in [-0.39, 0.29) is 0 Å². The summed E-state index contributed by atoms with van der Waals surface area (Å²) in [5.41, 5.74) is 6.30. The molecule has 3 nitrogen and oxygen atoms in total. The lowest BCUT2D eigenvalue weighted by atomic mass is 10.0. The molecule has 0 saturated heterocycles. The molecule has 2 aromatic heterocycles. The Hall–Kier alpha value is -4.47. The van der Waals surface area contributed by atoms with Gasteiger partial charge in [-0.2, -0.15) is 0 Å². The summed E-state index contributed by atoms with van der Waals surface area (Å²) in [6.45, 7) is 0. The van der Waals surface area contributed by atoms with Gasteiger partial charge in [-0.1, -0.05) is 103 Å². The van der Waals surface area contributed by atoms with Crippen molar-refractivity contribution in [1.29, 1.82) is 0 Å². The van der Waals surface area contributed by atoms with Crippen LogP contribution in [-0.4, -0.2) is 14.5 Å². The van der Waals surface area contributed by atoms with Crippen molar-refractivity contribution in [3.05, 3.63) is 126 Å². The molecule has 0 bridgehead atoms. The fourth-order valence-electron chi connectivity index (χ4n) is 5.08. The van der Waals surface area contributed by atoms with Crippen molar-refractivity contribution in [3.63, 3.8) is 0 Å². The fraction of sp³-hybridized carbons (Fsp3) is 0. The molecule has 7 rings (SSSR count). The van der Waals surface area contributed by atoms with Gasteiger partial charge in [0.05, 0.1) is 22.4 Å². The Morgan fingerprint density at radius 1 is 0.528 bits per heavy atom. The smallest absolute Gasteiger partial charge is 0.161 e. The summed E-state index contributed by atoms with van der Waals surface area (Å²) in [4.78, 5) is 9.28. The zero-order valence-electron chi connectivity index (χ0n) is 19.3. The molecule has 4 heteroatoms. The number of benzene rings is 5. The highest BCUT2D eigenvalue weighted by Crippen LogP contribution is 2.35. The third-order valence-corrected chi connectivity index (χ3v) is 6.89. The van der Waals surface area contributed by atoms with E-state index in [2.05, 4.69) is 94.5 Å². The Labute approximate surface area is 213 Å². The molecule has 170 valence electrons. The van der Waals surface area contributed by atoms with Crippen LogP contribution in [0.5, 0.6) is 0 Å². The van der Waals surface area contributed by atoms with E-state index in [9.17, 15) is 0 Å². The van der Waals surface area contributed by atoms with Crippen molar-refractivity contribution in [2.45, 2.75) is 0 Å². The molecule has 0 saturated carbocycles. The van der Waals surface area contributed by atoms with Crippen LogP contribution in [0.15, 0.2) is 121 Å². The van der Waals surface area contributed by atoms with Crippen LogP contribution in [0.2, 0.25) is 5.15 Å². The monoisotopic (exact) mass is 481 g/mol. The van der Waals surface area contributed by atoms with E-state index in [1.54, 1.807) is 0 Å². The van der Waals surface area contributed by atoms with Crippen molar-refractivity contribution < 1.29 is 0 Å². The van der Waals surface area contributed by atoms with Crippen LogP contribution < -0.4 is 0 Å².